The Hall–Kier alpha value is -3.54. The van der Waals surface area contributed by atoms with Crippen molar-refractivity contribution in [3.63, 3.8) is 0 Å². The van der Waals surface area contributed by atoms with Crippen molar-refractivity contribution in [2.24, 2.45) is 0 Å². The van der Waals surface area contributed by atoms with Crippen molar-refractivity contribution in [2.45, 2.75) is 20.4 Å². The lowest BCUT2D eigenvalue weighted by molar-refractivity contribution is 0.302. The van der Waals surface area contributed by atoms with E-state index in [2.05, 4.69) is 21.6 Å². The second kappa shape index (κ2) is 7.60. The Morgan fingerprint density at radius 2 is 1.86 bits per heavy atom. The van der Waals surface area contributed by atoms with E-state index in [4.69, 9.17) is 9.26 Å². The number of hydrogen-bond acceptors (Lipinski definition) is 6. The van der Waals surface area contributed by atoms with Crippen LogP contribution >= 0.6 is 0 Å². The molecular formula is C22H22N4O2. The highest BCUT2D eigenvalue weighted by Gasteiger charge is 2.18. The van der Waals surface area contributed by atoms with Gasteiger partial charge in [-0.25, -0.2) is 0 Å². The lowest BCUT2D eigenvalue weighted by Gasteiger charge is -2.24. The van der Waals surface area contributed by atoms with Crippen molar-refractivity contribution < 1.29 is 9.26 Å². The Morgan fingerprint density at radius 1 is 1.07 bits per heavy atom. The van der Waals surface area contributed by atoms with Crippen molar-refractivity contribution >= 4 is 5.57 Å². The van der Waals surface area contributed by atoms with E-state index in [0.717, 1.165) is 45.2 Å². The fourth-order valence-corrected chi connectivity index (χ4v) is 3.06. The molecule has 0 spiro atoms. The number of nitrogens with one attached hydrogen (secondary N) is 1. The first-order valence-electron chi connectivity index (χ1n) is 9.08. The van der Waals surface area contributed by atoms with Crippen LogP contribution in [0.15, 0.2) is 65.6 Å². The quantitative estimate of drug-likeness (QED) is 0.721. The van der Waals surface area contributed by atoms with Crippen LogP contribution in [0.3, 0.4) is 0 Å². The highest BCUT2D eigenvalue weighted by Crippen LogP contribution is 2.27. The van der Waals surface area contributed by atoms with Crippen LogP contribution in [-0.2, 0) is 6.54 Å². The first-order chi connectivity index (χ1) is 13.6. The van der Waals surface area contributed by atoms with Gasteiger partial charge in [0, 0.05) is 41.0 Å². The summed E-state index contributed by atoms with van der Waals surface area (Å²) in [5.74, 6) is 1.65. The number of methoxy groups -OCH3 is 1. The maximum atomic E-state index is 5.45. The van der Waals surface area contributed by atoms with E-state index in [1.807, 2.05) is 73.9 Å². The van der Waals surface area contributed by atoms with Crippen LogP contribution in [0.1, 0.15) is 22.6 Å². The minimum Gasteiger partial charge on any atom is -0.497 e. The monoisotopic (exact) mass is 374 g/mol. The summed E-state index contributed by atoms with van der Waals surface area (Å²) in [4.78, 5) is 4.37. The number of hydrazine groups is 1. The molecular weight excluding hydrogens is 352 g/mol. The van der Waals surface area contributed by atoms with Gasteiger partial charge < -0.3 is 14.7 Å². The number of pyridine rings is 1. The lowest BCUT2D eigenvalue weighted by atomic mass is 10.1. The van der Waals surface area contributed by atoms with Crippen LogP contribution in [0.25, 0.3) is 16.8 Å². The van der Waals surface area contributed by atoms with E-state index in [9.17, 15) is 0 Å². The number of aryl methyl sites for hydroxylation is 2. The molecule has 1 aliphatic heterocycles. The molecule has 0 unspecified atom stereocenters. The van der Waals surface area contributed by atoms with Gasteiger partial charge in [-0.3, -0.25) is 9.99 Å². The van der Waals surface area contributed by atoms with Crippen molar-refractivity contribution in [3.05, 3.63) is 83.7 Å². The largest absolute Gasteiger partial charge is 0.497 e. The molecule has 0 bridgehead atoms. The van der Waals surface area contributed by atoms with Crippen molar-refractivity contribution in [3.8, 4) is 17.0 Å². The molecule has 3 heterocycles. The van der Waals surface area contributed by atoms with Gasteiger partial charge in [0.2, 0.25) is 0 Å². The zero-order valence-electron chi connectivity index (χ0n) is 16.1. The maximum Gasteiger partial charge on any atom is 0.139 e. The molecule has 3 aromatic rings. The van der Waals surface area contributed by atoms with Gasteiger partial charge in [-0.2, -0.15) is 0 Å². The van der Waals surface area contributed by atoms with E-state index in [-0.39, 0.29) is 0 Å². The zero-order valence-corrected chi connectivity index (χ0v) is 16.1. The number of hydrogen-bond donors (Lipinski definition) is 1. The number of allylic oxidation sites excluding steroid dienone is 2. The predicted molar refractivity (Wildman–Crippen MR) is 108 cm³/mol. The number of ether oxygens (including phenoxy) is 1. The molecule has 0 saturated carbocycles. The predicted octanol–water partition coefficient (Wildman–Crippen LogP) is 4.24. The molecule has 6 heteroatoms. The second-order valence-electron chi connectivity index (χ2n) is 6.66. The Bertz CT molecular complexity index is 1020. The summed E-state index contributed by atoms with van der Waals surface area (Å²) in [6.45, 7) is 4.52. The summed E-state index contributed by atoms with van der Waals surface area (Å²) in [7, 11) is 1.67. The number of aromatic nitrogens is 2. The molecule has 28 heavy (non-hydrogen) atoms. The highest BCUT2D eigenvalue weighted by atomic mass is 16.5. The third kappa shape index (κ3) is 3.62. The third-order valence-electron chi connectivity index (χ3n) is 4.74. The molecule has 2 aromatic heterocycles. The minimum absolute atomic E-state index is 0.626. The molecule has 1 N–H and O–H groups in total. The lowest BCUT2D eigenvalue weighted by Crippen LogP contribution is -2.30. The van der Waals surface area contributed by atoms with Crippen LogP contribution in [0.2, 0.25) is 0 Å². The van der Waals surface area contributed by atoms with E-state index >= 15 is 0 Å². The number of rotatable bonds is 5. The van der Waals surface area contributed by atoms with Crippen molar-refractivity contribution in [2.75, 3.05) is 7.11 Å². The standard InChI is InChI=1S/C22H22N4O2/c1-15-4-5-19(12-23-15)22-21(16(2)28-25-22)14-26-11-10-18(13-24-26)17-6-8-20(27-3)9-7-17/h4-13,24H,14H2,1-3H3. The molecule has 142 valence electrons. The van der Waals surface area contributed by atoms with Gasteiger partial charge in [0.05, 0.1) is 13.7 Å². The minimum atomic E-state index is 0.626. The summed E-state index contributed by atoms with van der Waals surface area (Å²) in [5.41, 5.74) is 9.32. The Morgan fingerprint density at radius 3 is 2.50 bits per heavy atom. The van der Waals surface area contributed by atoms with Crippen LogP contribution in [0, 0.1) is 13.8 Å². The molecule has 0 aliphatic carbocycles. The fraction of sp³-hybridized carbons (Fsp3) is 0.182. The maximum absolute atomic E-state index is 5.45. The number of nitrogens with zero attached hydrogens (tertiary/aromatic N) is 3. The highest BCUT2D eigenvalue weighted by molar-refractivity contribution is 5.74. The van der Waals surface area contributed by atoms with Crippen molar-refractivity contribution in [1.29, 1.82) is 0 Å². The summed E-state index contributed by atoms with van der Waals surface area (Å²) in [6, 6.07) is 12.0. The first kappa shape index (κ1) is 17.9. The summed E-state index contributed by atoms with van der Waals surface area (Å²) in [6.07, 6.45) is 7.91. The van der Waals surface area contributed by atoms with Gasteiger partial charge >= 0.3 is 0 Å². The molecule has 4 rings (SSSR count). The SMILES string of the molecule is COc1ccc(C2=CNN(Cc3c(-c4ccc(C)nc4)noc3C)C=C2)cc1. The van der Waals surface area contributed by atoms with E-state index in [1.54, 1.807) is 7.11 Å². The summed E-state index contributed by atoms with van der Waals surface area (Å²) >= 11 is 0. The molecule has 0 atom stereocenters. The van der Waals surface area contributed by atoms with Crippen LogP contribution in [0.4, 0.5) is 0 Å². The topological polar surface area (TPSA) is 63.4 Å². The van der Waals surface area contributed by atoms with Crippen LogP contribution in [-0.4, -0.2) is 22.3 Å². The van der Waals surface area contributed by atoms with Gasteiger partial charge in [0.25, 0.3) is 0 Å². The Kier molecular flexibility index (Phi) is 4.85. The third-order valence-corrected chi connectivity index (χ3v) is 4.74. The summed E-state index contributed by atoms with van der Waals surface area (Å²) in [5, 5.41) is 6.24. The molecule has 0 amide bonds. The molecule has 0 saturated heterocycles. The molecule has 0 fully saturated rings. The fourth-order valence-electron chi connectivity index (χ4n) is 3.06. The molecule has 0 radical (unpaired) electrons. The zero-order chi connectivity index (χ0) is 19.5. The second-order valence-corrected chi connectivity index (χ2v) is 6.66. The molecule has 6 nitrogen and oxygen atoms in total. The van der Waals surface area contributed by atoms with Crippen LogP contribution in [0.5, 0.6) is 5.75 Å². The van der Waals surface area contributed by atoms with E-state index < -0.39 is 0 Å². The van der Waals surface area contributed by atoms with Gasteiger partial charge in [0.15, 0.2) is 0 Å². The normalized spacial score (nSPS) is 13.2. The van der Waals surface area contributed by atoms with Gasteiger partial charge in [0.1, 0.15) is 17.2 Å². The number of benzene rings is 1. The Balaban J connectivity index is 1.49. The molecule has 1 aromatic carbocycles. The smallest absolute Gasteiger partial charge is 0.139 e. The van der Waals surface area contributed by atoms with Gasteiger partial charge in [-0.15, -0.1) is 0 Å². The van der Waals surface area contributed by atoms with Crippen LogP contribution < -0.4 is 10.2 Å². The molecule has 1 aliphatic rings. The van der Waals surface area contributed by atoms with E-state index in [1.165, 1.54) is 0 Å². The summed E-state index contributed by atoms with van der Waals surface area (Å²) < 4.78 is 10.7. The van der Waals surface area contributed by atoms with Gasteiger partial charge in [-0.1, -0.05) is 17.3 Å². The van der Waals surface area contributed by atoms with Gasteiger partial charge in [-0.05, 0) is 49.8 Å². The Labute approximate surface area is 164 Å². The van der Waals surface area contributed by atoms with E-state index in [0.29, 0.717) is 6.54 Å². The van der Waals surface area contributed by atoms with Crippen molar-refractivity contribution in [1.82, 2.24) is 20.6 Å². The average Bonchev–Trinajstić information content (AvgIpc) is 3.09. The first-order valence-corrected chi connectivity index (χ1v) is 9.08. The average molecular weight is 374 g/mol.